The first-order valence-corrected chi connectivity index (χ1v) is 8.54. The highest BCUT2D eigenvalue weighted by Crippen LogP contribution is 2.51. The Labute approximate surface area is 136 Å². The molecule has 0 aromatic heterocycles. The van der Waals surface area contributed by atoms with E-state index in [0.29, 0.717) is 55.7 Å². The van der Waals surface area contributed by atoms with Crippen molar-refractivity contribution >= 4 is 6.09 Å². The molecule has 1 N–H and O–H groups in total. The molecule has 1 saturated carbocycles. The zero-order valence-corrected chi connectivity index (χ0v) is 13.1. The van der Waals surface area contributed by atoms with Crippen LogP contribution in [0.2, 0.25) is 0 Å². The lowest BCUT2D eigenvalue weighted by Gasteiger charge is -2.25. The Morgan fingerprint density at radius 1 is 1.00 bits per heavy atom. The van der Waals surface area contributed by atoms with Gasteiger partial charge in [0.2, 0.25) is 0 Å². The number of nitrogens with zero attached hydrogens (tertiary/aromatic N) is 1. The summed E-state index contributed by atoms with van der Waals surface area (Å²) in [6.07, 6.45) is 17.6. The summed E-state index contributed by atoms with van der Waals surface area (Å²) in [6, 6.07) is 0. The van der Waals surface area contributed by atoms with Crippen molar-refractivity contribution in [2.45, 2.75) is 12.5 Å². The second-order valence-electron chi connectivity index (χ2n) is 6.98. The molecule has 4 heteroatoms. The molecule has 1 unspecified atom stereocenters. The molecule has 2 fully saturated rings. The van der Waals surface area contributed by atoms with E-state index in [1.807, 2.05) is 0 Å². The van der Waals surface area contributed by atoms with Crippen LogP contribution in [0.4, 0.5) is 4.79 Å². The van der Waals surface area contributed by atoms with Gasteiger partial charge in [0.15, 0.2) is 0 Å². The van der Waals surface area contributed by atoms with Crippen molar-refractivity contribution in [3.8, 4) is 0 Å². The van der Waals surface area contributed by atoms with Crippen LogP contribution >= 0.6 is 0 Å². The smallest absolute Gasteiger partial charge is 0.409 e. The van der Waals surface area contributed by atoms with Crippen molar-refractivity contribution in [1.82, 2.24) is 4.90 Å². The molecule has 3 aliphatic carbocycles. The van der Waals surface area contributed by atoms with Crippen LogP contribution < -0.4 is 0 Å². The van der Waals surface area contributed by atoms with Gasteiger partial charge in [-0.05, 0) is 30.1 Å². The van der Waals surface area contributed by atoms with Crippen molar-refractivity contribution < 1.29 is 14.6 Å². The first-order valence-electron chi connectivity index (χ1n) is 8.54. The average Bonchev–Trinajstić information content (AvgIpc) is 3.15. The summed E-state index contributed by atoms with van der Waals surface area (Å²) in [6.45, 7) is 1.44. The molecular weight excluding hydrogens is 290 g/mol. The number of ether oxygens (including phenoxy) is 1. The first-order chi connectivity index (χ1) is 11.2. The molecule has 6 atom stereocenters. The van der Waals surface area contributed by atoms with E-state index in [-0.39, 0.29) is 6.09 Å². The maximum atomic E-state index is 12.2. The fourth-order valence-electron chi connectivity index (χ4n) is 4.55. The van der Waals surface area contributed by atoms with Gasteiger partial charge < -0.3 is 14.7 Å². The highest BCUT2D eigenvalue weighted by atomic mass is 16.6. The Morgan fingerprint density at radius 2 is 1.57 bits per heavy atom. The maximum absolute atomic E-state index is 12.2. The van der Waals surface area contributed by atoms with Gasteiger partial charge in [-0.25, -0.2) is 4.79 Å². The highest BCUT2D eigenvalue weighted by Gasteiger charge is 2.47. The minimum Gasteiger partial charge on any atom is -0.449 e. The number of aliphatic hydroxyl groups is 1. The van der Waals surface area contributed by atoms with E-state index in [4.69, 9.17) is 4.74 Å². The van der Waals surface area contributed by atoms with Crippen LogP contribution in [0.15, 0.2) is 48.6 Å². The lowest BCUT2D eigenvalue weighted by molar-refractivity contribution is 0.0789. The van der Waals surface area contributed by atoms with Crippen molar-refractivity contribution in [3.05, 3.63) is 48.6 Å². The van der Waals surface area contributed by atoms with Gasteiger partial charge in [-0.1, -0.05) is 48.6 Å². The first kappa shape index (κ1) is 14.8. The molecule has 0 radical (unpaired) electrons. The summed E-state index contributed by atoms with van der Waals surface area (Å²) < 4.78 is 5.62. The third-order valence-electron chi connectivity index (χ3n) is 5.70. The zero-order valence-electron chi connectivity index (χ0n) is 13.1. The monoisotopic (exact) mass is 313 g/mol. The Morgan fingerprint density at radius 3 is 2.09 bits per heavy atom. The fourth-order valence-corrected chi connectivity index (χ4v) is 4.55. The molecule has 1 amide bonds. The van der Waals surface area contributed by atoms with Crippen molar-refractivity contribution in [3.63, 3.8) is 0 Å². The molecule has 0 aromatic carbocycles. The van der Waals surface area contributed by atoms with E-state index in [2.05, 4.69) is 48.6 Å². The van der Waals surface area contributed by atoms with Crippen LogP contribution in [0.5, 0.6) is 0 Å². The van der Waals surface area contributed by atoms with Gasteiger partial charge in [0.25, 0.3) is 0 Å². The van der Waals surface area contributed by atoms with Gasteiger partial charge in [0, 0.05) is 19.0 Å². The molecule has 0 spiro atoms. The number of carbonyl (C=O) groups excluding carboxylic acids is 1. The number of β-amino-alcohol motifs (C(OH)–C–C–N with tert-alkyl or cyclic N) is 1. The van der Waals surface area contributed by atoms with Crippen molar-refractivity contribution in [2.75, 3.05) is 19.7 Å². The van der Waals surface area contributed by atoms with E-state index in [1.165, 1.54) is 0 Å². The zero-order chi connectivity index (χ0) is 15.8. The molecule has 23 heavy (non-hydrogen) atoms. The minimum absolute atomic E-state index is 0.285. The second-order valence-corrected chi connectivity index (χ2v) is 6.98. The molecule has 0 bridgehead atoms. The summed E-state index contributed by atoms with van der Waals surface area (Å²) in [5.41, 5.74) is 0. The summed E-state index contributed by atoms with van der Waals surface area (Å²) in [5.74, 6) is 2.19. The van der Waals surface area contributed by atoms with E-state index >= 15 is 0 Å². The van der Waals surface area contributed by atoms with E-state index < -0.39 is 6.10 Å². The summed E-state index contributed by atoms with van der Waals surface area (Å²) >= 11 is 0. The predicted octanol–water partition coefficient (Wildman–Crippen LogP) is 2.54. The third kappa shape index (κ3) is 2.65. The maximum Gasteiger partial charge on any atom is 0.409 e. The van der Waals surface area contributed by atoms with E-state index in [9.17, 15) is 9.90 Å². The topological polar surface area (TPSA) is 49.8 Å². The highest BCUT2D eigenvalue weighted by molar-refractivity contribution is 5.68. The normalized spacial score (nSPS) is 40.3. The molecule has 122 valence electrons. The molecule has 0 aromatic rings. The Hall–Kier alpha value is -1.81. The van der Waals surface area contributed by atoms with Crippen LogP contribution in [0.3, 0.4) is 0 Å². The van der Waals surface area contributed by atoms with E-state index in [0.717, 1.165) is 0 Å². The van der Waals surface area contributed by atoms with Crippen LogP contribution in [0, 0.1) is 29.6 Å². The predicted molar refractivity (Wildman–Crippen MR) is 87.6 cm³/mol. The van der Waals surface area contributed by atoms with Gasteiger partial charge >= 0.3 is 6.09 Å². The molecule has 4 aliphatic rings. The number of carbonyl (C=O) groups is 1. The van der Waals surface area contributed by atoms with E-state index in [1.54, 1.807) is 4.90 Å². The number of allylic oxidation sites excluding steroid dienone is 8. The van der Waals surface area contributed by atoms with Crippen LogP contribution in [-0.2, 0) is 4.74 Å². The third-order valence-corrected chi connectivity index (χ3v) is 5.70. The minimum atomic E-state index is -0.402. The average molecular weight is 313 g/mol. The number of rotatable bonds is 2. The Balaban J connectivity index is 1.44. The quantitative estimate of drug-likeness (QED) is 0.852. The molecular formula is C19H23NO3. The van der Waals surface area contributed by atoms with Crippen LogP contribution in [0.1, 0.15) is 6.42 Å². The number of fused-ring (bicyclic) bond motifs is 3. The molecule has 1 aliphatic heterocycles. The number of likely N-dealkylation sites (tertiary alicyclic amines) is 1. The number of amides is 1. The number of hydrogen-bond acceptors (Lipinski definition) is 3. The SMILES string of the molecule is O=C(OCC1[C@H]2C=CC=C[C@@H]2[C@H]2C=CC=C[C@@H]12)N1CC[C@H](O)C1. The molecule has 4 rings (SSSR count). The number of hydrogen-bond donors (Lipinski definition) is 1. The Kier molecular flexibility index (Phi) is 3.85. The fraction of sp³-hybridized carbons (Fsp3) is 0.526. The Bertz CT molecular complexity index is 557. The standard InChI is InChI=1S/C19H23NO3/c21-13-9-10-20(11-13)19(22)23-12-18-16-7-3-1-5-14(16)15-6-2-4-8-17(15)18/h1-8,13-18,21H,9-12H2/t13-,14+,15+,16-,17+,18?/m0/s1. The largest absolute Gasteiger partial charge is 0.449 e. The summed E-state index contributed by atoms with van der Waals surface area (Å²) in [5, 5.41) is 9.55. The van der Waals surface area contributed by atoms with Gasteiger partial charge in [0.1, 0.15) is 0 Å². The van der Waals surface area contributed by atoms with Gasteiger partial charge in [0.05, 0.1) is 12.7 Å². The van der Waals surface area contributed by atoms with Crippen molar-refractivity contribution in [2.24, 2.45) is 29.6 Å². The molecule has 4 nitrogen and oxygen atoms in total. The van der Waals surface area contributed by atoms with Crippen LogP contribution in [0.25, 0.3) is 0 Å². The van der Waals surface area contributed by atoms with Gasteiger partial charge in [-0.2, -0.15) is 0 Å². The summed E-state index contributed by atoms with van der Waals surface area (Å²) in [4.78, 5) is 13.8. The van der Waals surface area contributed by atoms with Crippen LogP contribution in [-0.4, -0.2) is 41.9 Å². The van der Waals surface area contributed by atoms with Crippen molar-refractivity contribution in [1.29, 1.82) is 0 Å². The molecule has 1 saturated heterocycles. The van der Waals surface area contributed by atoms with Gasteiger partial charge in [-0.3, -0.25) is 0 Å². The number of aliphatic hydroxyl groups excluding tert-OH is 1. The second kappa shape index (κ2) is 6.00. The molecule has 1 heterocycles. The summed E-state index contributed by atoms with van der Waals surface area (Å²) in [7, 11) is 0. The lowest BCUT2D eigenvalue weighted by Crippen LogP contribution is -2.33. The lowest BCUT2D eigenvalue weighted by atomic mass is 9.83. The van der Waals surface area contributed by atoms with Gasteiger partial charge in [-0.15, -0.1) is 0 Å².